The average molecular weight is 262 g/mol. The molecule has 0 fully saturated rings. The van der Waals surface area contributed by atoms with Crippen LogP contribution in [0.5, 0.6) is 0 Å². The molecule has 1 heterocycles. The van der Waals surface area contributed by atoms with E-state index in [0.29, 0.717) is 0 Å². The van der Waals surface area contributed by atoms with Crippen molar-refractivity contribution < 1.29 is 13.7 Å². The molecule has 0 aliphatic rings. The molecule has 0 unspecified atom stereocenters. The van der Waals surface area contributed by atoms with Gasteiger partial charge in [-0.05, 0) is 12.1 Å². The predicted octanol–water partition coefficient (Wildman–Crippen LogP) is 3.36. The molecule has 1 N–H and O–H groups in total. The van der Waals surface area contributed by atoms with Gasteiger partial charge in [-0.2, -0.15) is 0 Å². The molecular weight excluding hydrogens is 247 g/mol. The molecule has 0 saturated heterocycles. The quantitative estimate of drug-likeness (QED) is 0.902. The van der Waals surface area contributed by atoms with E-state index in [4.69, 9.17) is 4.52 Å². The van der Waals surface area contributed by atoms with E-state index in [1.807, 2.05) is 20.8 Å². The summed E-state index contributed by atoms with van der Waals surface area (Å²) in [6.07, 6.45) is 0. The molecule has 1 aromatic carbocycles. The van der Waals surface area contributed by atoms with Crippen LogP contribution in [0.4, 0.5) is 10.3 Å². The molecule has 0 aliphatic carbocycles. The molecule has 1 amide bonds. The fourth-order valence-electron chi connectivity index (χ4n) is 1.51. The zero-order valence-electron chi connectivity index (χ0n) is 11.0. The van der Waals surface area contributed by atoms with Crippen molar-refractivity contribution in [1.29, 1.82) is 0 Å². The summed E-state index contributed by atoms with van der Waals surface area (Å²) in [7, 11) is 0. The first kappa shape index (κ1) is 13.3. The lowest BCUT2D eigenvalue weighted by Gasteiger charge is -2.12. The van der Waals surface area contributed by atoms with E-state index in [9.17, 15) is 9.18 Å². The highest BCUT2D eigenvalue weighted by Crippen LogP contribution is 2.24. The van der Waals surface area contributed by atoms with Gasteiger partial charge in [0.05, 0.1) is 11.3 Å². The Morgan fingerprint density at radius 3 is 2.58 bits per heavy atom. The van der Waals surface area contributed by atoms with Crippen LogP contribution in [-0.2, 0) is 5.41 Å². The summed E-state index contributed by atoms with van der Waals surface area (Å²) in [6.45, 7) is 5.94. The van der Waals surface area contributed by atoms with Gasteiger partial charge in [0.15, 0.2) is 0 Å². The molecule has 2 aromatic rings. The minimum absolute atomic E-state index is 0.0313. The normalized spacial score (nSPS) is 11.4. The Kier molecular flexibility index (Phi) is 3.38. The fourth-order valence-corrected chi connectivity index (χ4v) is 1.51. The third-order valence-corrected chi connectivity index (χ3v) is 2.63. The molecule has 0 atom stereocenters. The molecule has 5 heteroatoms. The number of carbonyl (C=O) groups excluding carboxylic acids is 1. The fraction of sp³-hybridized carbons (Fsp3) is 0.286. The molecule has 1 aromatic heterocycles. The van der Waals surface area contributed by atoms with E-state index in [0.717, 1.165) is 5.69 Å². The number of anilines is 1. The Hall–Kier alpha value is -2.17. The number of hydrogen-bond acceptors (Lipinski definition) is 3. The first-order valence-electron chi connectivity index (χ1n) is 5.91. The molecule has 0 radical (unpaired) electrons. The van der Waals surface area contributed by atoms with Gasteiger partial charge in [-0.25, -0.2) is 4.39 Å². The van der Waals surface area contributed by atoms with Crippen LogP contribution < -0.4 is 5.32 Å². The highest BCUT2D eigenvalue weighted by Gasteiger charge is 2.20. The molecule has 100 valence electrons. The summed E-state index contributed by atoms with van der Waals surface area (Å²) in [4.78, 5) is 11.9. The number of benzene rings is 1. The average Bonchev–Trinajstić information content (AvgIpc) is 2.77. The van der Waals surface area contributed by atoms with E-state index in [-0.39, 0.29) is 16.9 Å². The van der Waals surface area contributed by atoms with Crippen LogP contribution in [0.15, 0.2) is 34.9 Å². The third kappa shape index (κ3) is 2.99. The molecule has 19 heavy (non-hydrogen) atoms. The number of halogens is 1. The Bertz CT molecular complexity index is 599. The second kappa shape index (κ2) is 4.84. The van der Waals surface area contributed by atoms with Crippen molar-refractivity contribution in [3.05, 3.63) is 47.4 Å². The van der Waals surface area contributed by atoms with Crippen LogP contribution in [0.3, 0.4) is 0 Å². The Morgan fingerprint density at radius 2 is 2.00 bits per heavy atom. The Labute approximate surface area is 110 Å². The van der Waals surface area contributed by atoms with Crippen molar-refractivity contribution in [2.45, 2.75) is 26.2 Å². The molecule has 4 nitrogen and oxygen atoms in total. The maximum atomic E-state index is 13.4. The van der Waals surface area contributed by atoms with Crippen LogP contribution in [-0.4, -0.2) is 11.1 Å². The number of nitrogens with zero attached hydrogens (tertiary/aromatic N) is 1. The second-order valence-corrected chi connectivity index (χ2v) is 5.26. The van der Waals surface area contributed by atoms with Crippen LogP contribution in [0.1, 0.15) is 36.8 Å². The van der Waals surface area contributed by atoms with E-state index in [1.54, 1.807) is 12.1 Å². The predicted molar refractivity (Wildman–Crippen MR) is 69.6 cm³/mol. The zero-order valence-corrected chi connectivity index (χ0v) is 11.0. The summed E-state index contributed by atoms with van der Waals surface area (Å²) >= 11 is 0. The van der Waals surface area contributed by atoms with Crippen LogP contribution in [0, 0.1) is 5.82 Å². The van der Waals surface area contributed by atoms with Crippen molar-refractivity contribution in [2.24, 2.45) is 0 Å². The number of carbonyl (C=O) groups is 1. The molecule has 0 bridgehead atoms. The van der Waals surface area contributed by atoms with Crippen LogP contribution in [0.25, 0.3) is 0 Å². The number of rotatable bonds is 2. The lowest BCUT2D eigenvalue weighted by Crippen LogP contribution is -2.13. The SMILES string of the molecule is CC(C)(C)c1cc(NC(=O)c2ccccc2F)on1. The lowest BCUT2D eigenvalue weighted by molar-refractivity contribution is 0.102. The topological polar surface area (TPSA) is 55.1 Å². The molecule has 0 spiro atoms. The number of amides is 1. The molecule has 0 aliphatic heterocycles. The van der Waals surface area contributed by atoms with Gasteiger partial charge in [0.2, 0.25) is 5.88 Å². The molecule has 0 saturated carbocycles. The van der Waals surface area contributed by atoms with Crippen molar-refractivity contribution in [3.63, 3.8) is 0 Å². The standard InChI is InChI=1S/C14H15FN2O2/c1-14(2,3)11-8-12(19-17-11)16-13(18)9-6-4-5-7-10(9)15/h4-8H,1-3H3,(H,16,18). The van der Waals surface area contributed by atoms with E-state index in [2.05, 4.69) is 10.5 Å². The van der Waals surface area contributed by atoms with Gasteiger partial charge in [0.25, 0.3) is 5.91 Å². The highest BCUT2D eigenvalue weighted by molar-refractivity contribution is 6.03. The van der Waals surface area contributed by atoms with Gasteiger partial charge in [0.1, 0.15) is 5.82 Å². The summed E-state index contributed by atoms with van der Waals surface area (Å²) in [6, 6.07) is 7.40. The van der Waals surface area contributed by atoms with Gasteiger partial charge in [-0.1, -0.05) is 38.1 Å². The minimum Gasteiger partial charge on any atom is -0.338 e. The zero-order chi connectivity index (χ0) is 14.0. The Morgan fingerprint density at radius 1 is 1.32 bits per heavy atom. The van der Waals surface area contributed by atoms with Crippen molar-refractivity contribution >= 4 is 11.8 Å². The van der Waals surface area contributed by atoms with E-state index >= 15 is 0 Å². The second-order valence-electron chi connectivity index (χ2n) is 5.26. The molecular formula is C14H15FN2O2. The number of hydrogen-bond donors (Lipinski definition) is 1. The highest BCUT2D eigenvalue weighted by atomic mass is 19.1. The smallest absolute Gasteiger partial charge is 0.261 e. The molecule has 2 rings (SSSR count). The summed E-state index contributed by atoms with van der Waals surface area (Å²) in [5.74, 6) is -0.927. The van der Waals surface area contributed by atoms with Crippen molar-refractivity contribution in [3.8, 4) is 0 Å². The summed E-state index contributed by atoms with van der Waals surface area (Å²) < 4.78 is 18.4. The third-order valence-electron chi connectivity index (χ3n) is 2.63. The van der Waals surface area contributed by atoms with Gasteiger partial charge >= 0.3 is 0 Å². The first-order valence-corrected chi connectivity index (χ1v) is 5.91. The monoisotopic (exact) mass is 262 g/mol. The van der Waals surface area contributed by atoms with Crippen LogP contribution >= 0.6 is 0 Å². The lowest BCUT2D eigenvalue weighted by atomic mass is 9.92. The van der Waals surface area contributed by atoms with Gasteiger partial charge in [-0.15, -0.1) is 0 Å². The Balaban J connectivity index is 2.16. The van der Waals surface area contributed by atoms with Crippen LogP contribution in [0.2, 0.25) is 0 Å². The maximum absolute atomic E-state index is 13.4. The van der Waals surface area contributed by atoms with Crippen molar-refractivity contribution in [2.75, 3.05) is 5.32 Å². The van der Waals surface area contributed by atoms with Gasteiger partial charge < -0.3 is 4.52 Å². The minimum atomic E-state index is -0.574. The maximum Gasteiger partial charge on any atom is 0.261 e. The van der Waals surface area contributed by atoms with Crippen molar-refractivity contribution in [1.82, 2.24) is 5.16 Å². The first-order chi connectivity index (χ1) is 8.88. The summed E-state index contributed by atoms with van der Waals surface area (Å²) in [5.41, 5.74) is 0.511. The largest absolute Gasteiger partial charge is 0.338 e. The number of aromatic nitrogens is 1. The van der Waals surface area contributed by atoms with Gasteiger partial charge in [-0.3, -0.25) is 10.1 Å². The van der Waals surface area contributed by atoms with Gasteiger partial charge in [0, 0.05) is 11.5 Å². The summed E-state index contributed by atoms with van der Waals surface area (Å²) in [5, 5.41) is 6.36. The van der Waals surface area contributed by atoms with E-state index in [1.165, 1.54) is 18.2 Å². The van der Waals surface area contributed by atoms with E-state index < -0.39 is 11.7 Å². The number of nitrogens with one attached hydrogen (secondary N) is 1.